The molecular formula is C17H14ClF3N4O2S. The second-order valence-electron chi connectivity index (χ2n) is 6.40. The first kappa shape index (κ1) is 19.2. The molecule has 1 aliphatic heterocycles. The van der Waals surface area contributed by atoms with E-state index >= 15 is 0 Å². The van der Waals surface area contributed by atoms with Gasteiger partial charge >= 0.3 is 6.18 Å². The van der Waals surface area contributed by atoms with Gasteiger partial charge < -0.3 is 0 Å². The van der Waals surface area contributed by atoms with Gasteiger partial charge in [0.1, 0.15) is 4.90 Å². The Morgan fingerprint density at radius 1 is 1.14 bits per heavy atom. The third-order valence-corrected chi connectivity index (χ3v) is 7.08. The number of pyridine rings is 1. The zero-order valence-electron chi connectivity index (χ0n) is 14.3. The molecule has 0 radical (unpaired) electrons. The van der Waals surface area contributed by atoms with Gasteiger partial charge in [0.2, 0.25) is 10.0 Å². The fraction of sp³-hybridized carbons (Fsp3) is 0.294. The molecule has 1 aromatic carbocycles. The summed E-state index contributed by atoms with van der Waals surface area (Å²) in [6.07, 6.45) is -1.94. The maximum atomic E-state index is 13.2. The van der Waals surface area contributed by atoms with Crippen molar-refractivity contribution in [2.75, 3.05) is 6.54 Å². The molecule has 0 spiro atoms. The second-order valence-corrected chi connectivity index (χ2v) is 8.67. The molecule has 0 aliphatic carbocycles. The average Bonchev–Trinajstić information content (AvgIpc) is 3.27. The average molecular weight is 431 g/mol. The summed E-state index contributed by atoms with van der Waals surface area (Å²) in [4.78, 5) is -0.565. The maximum Gasteiger partial charge on any atom is 0.416 e. The van der Waals surface area contributed by atoms with Crippen LogP contribution in [0.15, 0.2) is 47.5 Å². The highest BCUT2D eigenvalue weighted by Gasteiger charge is 2.41. The van der Waals surface area contributed by atoms with Crippen LogP contribution in [0.4, 0.5) is 13.2 Å². The van der Waals surface area contributed by atoms with Crippen molar-refractivity contribution in [2.24, 2.45) is 0 Å². The molecule has 3 aromatic rings. The molecule has 6 nitrogen and oxygen atoms in total. The quantitative estimate of drug-likeness (QED) is 0.631. The van der Waals surface area contributed by atoms with E-state index in [1.807, 2.05) is 0 Å². The largest absolute Gasteiger partial charge is 0.416 e. The van der Waals surface area contributed by atoms with E-state index in [1.165, 1.54) is 0 Å². The SMILES string of the molecule is O=S(=O)(c1cc(C(F)(F)F)ccc1Cl)N1CCC[C@@H]1c1nnc2ccccn12. The van der Waals surface area contributed by atoms with Gasteiger partial charge in [-0.15, -0.1) is 10.2 Å². The van der Waals surface area contributed by atoms with Gasteiger partial charge in [0, 0.05) is 12.7 Å². The number of hydrogen-bond acceptors (Lipinski definition) is 4. The summed E-state index contributed by atoms with van der Waals surface area (Å²) < 4.78 is 68.4. The van der Waals surface area contributed by atoms with Crippen LogP contribution in [0.5, 0.6) is 0 Å². The lowest BCUT2D eigenvalue weighted by Gasteiger charge is -2.24. The van der Waals surface area contributed by atoms with Crippen LogP contribution in [-0.2, 0) is 16.2 Å². The van der Waals surface area contributed by atoms with Crippen LogP contribution in [0.25, 0.3) is 5.65 Å². The molecule has 4 rings (SSSR count). The Labute approximate surface area is 163 Å². The van der Waals surface area contributed by atoms with Gasteiger partial charge in [-0.05, 0) is 43.2 Å². The van der Waals surface area contributed by atoms with Crippen molar-refractivity contribution in [3.8, 4) is 0 Å². The van der Waals surface area contributed by atoms with E-state index in [-0.39, 0.29) is 11.6 Å². The first-order valence-electron chi connectivity index (χ1n) is 8.38. The molecule has 148 valence electrons. The van der Waals surface area contributed by atoms with Crippen molar-refractivity contribution in [3.05, 3.63) is 59.0 Å². The molecule has 1 saturated heterocycles. The third-order valence-electron chi connectivity index (χ3n) is 4.69. The molecule has 1 fully saturated rings. The summed E-state index contributed by atoms with van der Waals surface area (Å²) in [6, 6.07) is 6.91. The number of aromatic nitrogens is 3. The molecule has 0 bridgehead atoms. The van der Waals surface area contributed by atoms with Crippen molar-refractivity contribution in [2.45, 2.75) is 30.0 Å². The number of nitrogens with zero attached hydrogens (tertiary/aromatic N) is 4. The number of fused-ring (bicyclic) bond motifs is 1. The minimum Gasteiger partial charge on any atom is -0.285 e. The highest BCUT2D eigenvalue weighted by Crippen LogP contribution is 2.39. The fourth-order valence-electron chi connectivity index (χ4n) is 3.38. The van der Waals surface area contributed by atoms with E-state index in [0.717, 1.165) is 16.4 Å². The highest BCUT2D eigenvalue weighted by molar-refractivity contribution is 7.89. The minimum atomic E-state index is -4.68. The lowest BCUT2D eigenvalue weighted by molar-refractivity contribution is -0.137. The summed E-state index contributed by atoms with van der Waals surface area (Å²) in [5.41, 5.74) is -0.516. The summed E-state index contributed by atoms with van der Waals surface area (Å²) in [5, 5.41) is 7.88. The number of alkyl halides is 3. The van der Waals surface area contributed by atoms with Crippen LogP contribution < -0.4 is 0 Å². The van der Waals surface area contributed by atoms with Gasteiger partial charge in [-0.25, -0.2) is 8.42 Å². The van der Waals surface area contributed by atoms with Gasteiger partial charge in [0.15, 0.2) is 11.5 Å². The molecule has 2 aromatic heterocycles. The van der Waals surface area contributed by atoms with E-state index in [2.05, 4.69) is 10.2 Å². The molecule has 0 N–H and O–H groups in total. The zero-order valence-corrected chi connectivity index (χ0v) is 15.8. The molecule has 1 atom stereocenters. The Balaban J connectivity index is 1.79. The van der Waals surface area contributed by atoms with Gasteiger partial charge in [0.05, 0.1) is 16.6 Å². The second kappa shape index (κ2) is 6.71. The van der Waals surface area contributed by atoms with Crippen molar-refractivity contribution in [1.29, 1.82) is 0 Å². The number of sulfonamides is 1. The van der Waals surface area contributed by atoms with Gasteiger partial charge in [0.25, 0.3) is 0 Å². The summed E-state index contributed by atoms with van der Waals surface area (Å²) in [6.45, 7) is 0.154. The number of halogens is 4. The molecule has 0 saturated carbocycles. The van der Waals surface area contributed by atoms with E-state index in [0.29, 0.717) is 30.4 Å². The van der Waals surface area contributed by atoms with E-state index in [4.69, 9.17) is 11.6 Å². The molecule has 1 aliphatic rings. The Hall–Kier alpha value is -2.17. The first-order valence-corrected chi connectivity index (χ1v) is 10.2. The van der Waals surface area contributed by atoms with Crippen LogP contribution in [0.1, 0.15) is 30.3 Å². The molecule has 28 heavy (non-hydrogen) atoms. The monoisotopic (exact) mass is 430 g/mol. The van der Waals surface area contributed by atoms with Crippen molar-refractivity contribution >= 4 is 27.3 Å². The lowest BCUT2D eigenvalue weighted by atomic mass is 10.2. The molecule has 0 unspecified atom stereocenters. The topological polar surface area (TPSA) is 67.6 Å². The molecule has 0 amide bonds. The Bertz CT molecular complexity index is 1150. The van der Waals surface area contributed by atoms with Gasteiger partial charge in [-0.3, -0.25) is 4.40 Å². The maximum absolute atomic E-state index is 13.2. The summed E-state index contributed by atoms with van der Waals surface area (Å²) in [7, 11) is -4.28. The van der Waals surface area contributed by atoms with Crippen molar-refractivity contribution in [3.63, 3.8) is 0 Å². The van der Waals surface area contributed by atoms with Crippen molar-refractivity contribution in [1.82, 2.24) is 18.9 Å². The predicted molar refractivity (Wildman–Crippen MR) is 95.3 cm³/mol. The Morgan fingerprint density at radius 2 is 1.93 bits per heavy atom. The summed E-state index contributed by atoms with van der Waals surface area (Å²) >= 11 is 5.97. The highest BCUT2D eigenvalue weighted by atomic mass is 35.5. The number of rotatable bonds is 3. The molecular weight excluding hydrogens is 417 g/mol. The number of benzene rings is 1. The lowest BCUT2D eigenvalue weighted by Crippen LogP contribution is -2.32. The smallest absolute Gasteiger partial charge is 0.285 e. The molecule has 11 heteroatoms. The van der Waals surface area contributed by atoms with E-state index < -0.39 is 32.7 Å². The predicted octanol–water partition coefficient (Wildman–Crippen LogP) is 3.93. The van der Waals surface area contributed by atoms with Gasteiger partial charge in [-0.2, -0.15) is 17.5 Å². The first-order chi connectivity index (χ1) is 13.2. The molecule has 3 heterocycles. The van der Waals surface area contributed by atoms with Crippen molar-refractivity contribution < 1.29 is 21.6 Å². The zero-order chi connectivity index (χ0) is 20.1. The van der Waals surface area contributed by atoms with Crippen LogP contribution >= 0.6 is 11.6 Å². The van der Waals surface area contributed by atoms with Crippen LogP contribution in [-0.4, -0.2) is 33.9 Å². The standard InChI is InChI=1S/C17H14ClF3N4O2S/c18-12-7-6-11(17(19,20)21)10-14(12)28(26,27)25-9-3-4-13(25)16-23-22-15-5-1-2-8-24(15)16/h1-2,5-8,10,13H,3-4,9H2/t13-/m1/s1. The van der Waals surface area contributed by atoms with Gasteiger partial charge in [-0.1, -0.05) is 17.7 Å². The van der Waals surface area contributed by atoms with E-state index in [9.17, 15) is 21.6 Å². The fourth-order valence-corrected chi connectivity index (χ4v) is 5.53. The summed E-state index contributed by atoms with van der Waals surface area (Å²) in [5.74, 6) is 0.416. The van der Waals surface area contributed by atoms with E-state index in [1.54, 1.807) is 28.8 Å². The number of hydrogen-bond donors (Lipinski definition) is 0. The Kier molecular flexibility index (Phi) is 4.59. The Morgan fingerprint density at radius 3 is 2.68 bits per heavy atom. The minimum absolute atomic E-state index is 0.154. The van der Waals surface area contributed by atoms with Crippen LogP contribution in [0.2, 0.25) is 5.02 Å². The third kappa shape index (κ3) is 3.15. The normalized spacial score (nSPS) is 18.8. The van der Waals surface area contributed by atoms with Crippen LogP contribution in [0.3, 0.4) is 0 Å². The van der Waals surface area contributed by atoms with Crippen LogP contribution in [0, 0.1) is 0 Å².